The number of Topliss-reactive ketones (excluding diaryl/α,β-unsaturated/α-hetero) is 1. The third-order valence-corrected chi connectivity index (χ3v) is 8.09. The van der Waals surface area contributed by atoms with Crippen LogP contribution in [-0.4, -0.2) is 72.5 Å². The summed E-state index contributed by atoms with van der Waals surface area (Å²) in [5.74, 6) is -5.13. The standard InChI is InChI=1S/C26H31F3N4O6/c1-13-6-4-5-7-16(13)31-23(37)24(38)33-11-15-19(25(15,2)3)20(33)22(36)32-17(10-14-8-9-30-21(14)35)18(34)12-39-26(27,28)29/h4-7,14-15,17,19-20H,8-12H2,1-3H3,(H,30,35)(H,31,37)(H,32,36)/t14-,15-,17-,19-,20-/m0/s1. The Hall–Kier alpha value is -3.48. The molecule has 1 aromatic carbocycles. The second-order valence-electron chi connectivity index (χ2n) is 10.9. The normalized spacial score (nSPS) is 25.9. The molecule has 0 radical (unpaired) electrons. The zero-order valence-corrected chi connectivity index (χ0v) is 21.8. The van der Waals surface area contributed by atoms with Gasteiger partial charge in [-0.3, -0.25) is 28.7 Å². The second kappa shape index (κ2) is 10.6. The highest BCUT2D eigenvalue weighted by Gasteiger charge is 2.69. The van der Waals surface area contributed by atoms with E-state index in [4.69, 9.17) is 0 Å². The first-order valence-corrected chi connectivity index (χ1v) is 12.7. The van der Waals surface area contributed by atoms with Crippen LogP contribution in [0.2, 0.25) is 0 Å². The molecule has 3 fully saturated rings. The van der Waals surface area contributed by atoms with Gasteiger partial charge in [0.1, 0.15) is 12.6 Å². The van der Waals surface area contributed by atoms with Crippen LogP contribution in [0.5, 0.6) is 0 Å². The van der Waals surface area contributed by atoms with Crippen molar-refractivity contribution in [3.63, 3.8) is 0 Å². The SMILES string of the molecule is Cc1ccccc1NC(=O)C(=O)N1C[C@H]2[C@@H]([C@H]1C(=O)N[C@@H](C[C@@H]1CCNC1=O)C(=O)COC(F)(F)F)C2(C)C. The number of carbonyl (C=O) groups is 5. The van der Waals surface area contributed by atoms with Crippen molar-refractivity contribution in [1.82, 2.24) is 15.5 Å². The fourth-order valence-electron chi connectivity index (χ4n) is 5.75. The number of aryl methyl sites for hydroxylation is 1. The van der Waals surface area contributed by atoms with E-state index >= 15 is 0 Å². The molecule has 13 heteroatoms. The summed E-state index contributed by atoms with van der Waals surface area (Å²) >= 11 is 0. The monoisotopic (exact) mass is 552 g/mol. The maximum atomic E-state index is 13.5. The summed E-state index contributed by atoms with van der Waals surface area (Å²) in [4.78, 5) is 65.5. The van der Waals surface area contributed by atoms with E-state index in [9.17, 15) is 37.1 Å². The van der Waals surface area contributed by atoms with Crippen molar-refractivity contribution >= 4 is 35.1 Å². The number of hydrogen-bond acceptors (Lipinski definition) is 6. The Balaban J connectivity index is 1.51. The Labute approximate surface area is 223 Å². The Morgan fingerprint density at radius 1 is 1.21 bits per heavy atom. The van der Waals surface area contributed by atoms with Gasteiger partial charge in [-0.2, -0.15) is 0 Å². The van der Waals surface area contributed by atoms with Gasteiger partial charge in [0.15, 0.2) is 5.78 Å². The molecule has 10 nitrogen and oxygen atoms in total. The predicted octanol–water partition coefficient (Wildman–Crippen LogP) is 1.53. The molecule has 5 atom stereocenters. The van der Waals surface area contributed by atoms with E-state index in [0.717, 1.165) is 10.5 Å². The first-order chi connectivity index (χ1) is 18.2. The summed E-state index contributed by atoms with van der Waals surface area (Å²) in [5, 5.41) is 7.62. The van der Waals surface area contributed by atoms with Gasteiger partial charge in [-0.15, -0.1) is 13.2 Å². The van der Waals surface area contributed by atoms with Crippen LogP contribution in [0.25, 0.3) is 0 Å². The van der Waals surface area contributed by atoms with Crippen LogP contribution >= 0.6 is 0 Å². The number of benzene rings is 1. The lowest BCUT2D eigenvalue weighted by Gasteiger charge is -2.31. The van der Waals surface area contributed by atoms with E-state index in [2.05, 4.69) is 20.7 Å². The molecule has 0 unspecified atom stereocenters. The lowest BCUT2D eigenvalue weighted by molar-refractivity contribution is -0.321. The van der Waals surface area contributed by atoms with Crippen molar-refractivity contribution in [1.29, 1.82) is 0 Å². The van der Waals surface area contributed by atoms with E-state index < -0.39 is 54.5 Å². The number of fused-ring (bicyclic) bond motifs is 1. The number of rotatable bonds is 8. The number of ketones is 1. The summed E-state index contributed by atoms with van der Waals surface area (Å²) in [6.07, 6.45) is -4.92. The van der Waals surface area contributed by atoms with Gasteiger partial charge in [-0.05, 0) is 48.6 Å². The largest absolute Gasteiger partial charge is 0.522 e. The number of alkyl halides is 3. The molecule has 0 aromatic heterocycles. The molecule has 4 amide bonds. The number of hydrogen-bond donors (Lipinski definition) is 3. The molecular weight excluding hydrogens is 521 g/mol. The van der Waals surface area contributed by atoms with E-state index in [1.807, 2.05) is 13.8 Å². The highest BCUT2D eigenvalue weighted by Crippen LogP contribution is 2.64. The summed E-state index contributed by atoms with van der Waals surface area (Å²) in [6.45, 7) is 4.73. The molecule has 0 spiro atoms. The minimum absolute atomic E-state index is 0.0771. The van der Waals surface area contributed by atoms with Gasteiger partial charge in [0.25, 0.3) is 0 Å². The van der Waals surface area contributed by atoms with Gasteiger partial charge in [-0.25, -0.2) is 0 Å². The first-order valence-electron chi connectivity index (χ1n) is 12.7. The molecule has 0 bridgehead atoms. The van der Waals surface area contributed by atoms with Crippen LogP contribution < -0.4 is 16.0 Å². The van der Waals surface area contributed by atoms with Gasteiger partial charge in [0.2, 0.25) is 11.8 Å². The molecule has 3 aliphatic rings. The van der Waals surface area contributed by atoms with Crippen LogP contribution in [0.15, 0.2) is 24.3 Å². The molecule has 2 aliphatic heterocycles. The van der Waals surface area contributed by atoms with Gasteiger partial charge in [-0.1, -0.05) is 32.0 Å². The van der Waals surface area contributed by atoms with E-state index in [1.54, 1.807) is 31.2 Å². The first kappa shape index (κ1) is 28.5. The number of amides is 4. The number of nitrogens with zero attached hydrogens (tertiary/aromatic N) is 1. The number of likely N-dealkylation sites (tertiary alicyclic amines) is 1. The highest BCUT2D eigenvalue weighted by atomic mass is 19.4. The lowest BCUT2D eigenvalue weighted by Crippen LogP contribution is -2.56. The average Bonchev–Trinajstić information content (AvgIpc) is 3.20. The smallest absolute Gasteiger partial charge is 0.356 e. The van der Waals surface area contributed by atoms with E-state index in [0.29, 0.717) is 18.7 Å². The van der Waals surface area contributed by atoms with Gasteiger partial charge in [0.05, 0.1) is 6.04 Å². The maximum absolute atomic E-state index is 13.5. The second-order valence-corrected chi connectivity index (χ2v) is 10.9. The number of carbonyl (C=O) groups excluding carboxylic acids is 5. The van der Waals surface area contributed by atoms with Crippen LogP contribution in [0.3, 0.4) is 0 Å². The van der Waals surface area contributed by atoms with Crippen LogP contribution in [0.4, 0.5) is 18.9 Å². The lowest BCUT2D eigenvalue weighted by atomic mass is 9.95. The van der Waals surface area contributed by atoms with Crippen LogP contribution in [0.1, 0.15) is 32.3 Å². The number of para-hydroxylation sites is 1. The van der Waals surface area contributed by atoms with Crippen molar-refractivity contribution in [3.05, 3.63) is 29.8 Å². The van der Waals surface area contributed by atoms with Crippen molar-refractivity contribution in [2.75, 3.05) is 25.0 Å². The van der Waals surface area contributed by atoms with Crippen molar-refractivity contribution in [3.8, 4) is 0 Å². The minimum Gasteiger partial charge on any atom is -0.356 e. The highest BCUT2D eigenvalue weighted by molar-refractivity contribution is 6.40. The maximum Gasteiger partial charge on any atom is 0.522 e. The molecule has 212 valence electrons. The third kappa shape index (κ3) is 6.07. The number of anilines is 1. The Morgan fingerprint density at radius 2 is 1.90 bits per heavy atom. The molecule has 1 aliphatic carbocycles. The van der Waals surface area contributed by atoms with Crippen LogP contribution in [0, 0.1) is 30.1 Å². The summed E-state index contributed by atoms with van der Waals surface area (Å²) in [7, 11) is 0. The molecule has 2 heterocycles. The number of piperidine rings is 1. The van der Waals surface area contributed by atoms with Crippen molar-refractivity contribution in [2.24, 2.45) is 23.2 Å². The van der Waals surface area contributed by atoms with E-state index in [1.165, 1.54) is 0 Å². The summed E-state index contributed by atoms with van der Waals surface area (Å²) in [6, 6.07) is 4.29. The van der Waals surface area contributed by atoms with Crippen molar-refractivity contribution < 1.29 is 41.9 Å². The molecule has 1 saturated carbocycles. The van der Waals surface area contributed by atoms with Gasteiger partial charge in [0, 0.05) is 24.7 Å². The fraction of sp³-hybridized carbons (Fsp3) is 0.577. The van der Waals surface area contributed by atoms with Crippen molar-refractivity contribution in [2.45, 2.75) is 52.1 Å². The average molecular weight is 553 g/mol. The fourth-order valence-corrected chi connectivity index (χ4v) is 5.75. The van der Waals surface area contributed by atoms with Crippen LogP contribution in [-0.2, 0) is 28.7 Å². The summed E-state index contributed by atoms with van der Waals surface area (Å²) in [5.41, 5.74) is 0.846. The third-order valence-electron chi connectivity index (χ3n) is 8.09. The summed E-state index contributed by atoms with van der Waals surface area (Å²) < 4.78 is 41.4. The molecule has 3 N–H and O–H groups in total. The zero-order chi connectivity index (χ0) is 28.7. The van der Waals surface area contributed by atoms with Gasteiger partial charge >= 0.3 is 18.2 Å². The number of halogens is 3. The number of nitrogens with one attached hydrogen (secondary N) is 3. The molecule has 39 heavy (non-hydrogen) atoms. The van der Waals surface area contributed by atoms with E-state index in [-0.39, 0.29) is 36.1 Å². The zero-order valence-electron chi connectivity index (χ0n) is 21.8. The molecular formula is C26H31F3N4O6. The topological polar surface area (TPSA) is 134 Å². The Kier molecular flexibility index (Phi) is 7.75. The quantitative estimate of drug-likeness (QED) is 0.419. The Morgan fingerprint density at radius 3 is 2.51 bits per heavy atom. The minimum atomic E-state index is -5.06. The number of ether oxygens (including phenoxy) is 1. The molecule has 4 rings (SSSR count). The van der Waals surface area contributed by atoms with Gasteiger partial charge < -0.3 is 20.9 Å². The molecule has 1 aromatic rings. The predicted molar refractivity (Wildman–Crippen MR) is 131 cm³/mol. The Bertz CT molecular complexity index is 1190. The molecule has 2 saturated heterocycles.